The summed E-state index contributed by atoms with van der Waals surface area (Å²) in [6.45, 7) is 3.84. The number of carboxylic acids is 2. The molecule has 0 saturated carbocycles. The highest BCUT2D eigenvalue weighted by atomic mass is 32.2. The number of hydrogen-bond donors (Lipinski definition) is 6. The van der Waals surface area contributed by atoms with Gasteiger partial charge in [0.25, 0.3) is 11.8 Å². The number of carbonyl (C=O) groups excluding carboxylic acids is 3. The zero-order chi connectivity index (χ0) is 33.3. The molecule has 3 aromatic heterocycles. The lowest BCUT2D eigenvalue weighted by Crippen LogP contribution is -2.71. The SMILES string of the molecule is CC(C)(O/N=C(\C(=O)N[C@@H]1C(=O)N2C(C(=O)[O-])=C(C[n+]3ccc4n(CCCNC(=N)N)ccn43)CS[C@H]12)c1csc(N)n1)C(=O)O. The van der Waals surface area contributed by atoms with Crippen molar-refractivity contribution in [1.29, 1.82) is 5.41 Å². The molecule has 2 aliphatic heterocycles. The van der Waals surface area contributed by atoms with E-state index in [1.165, 1.54) is 31.0 Å². The van der Waals surface area contributed by atoms with Crippen molar-refractivity contribution in [1.82, 2.24) is 29.6 Å². The third-order valence-corrected chi connectivity index (χ3v) is 9.23. The lowest BCUT2D eigenvalue weighted by atomic mass is 10.0. The molecular formula is C26H31N11O7S2. The first-order chi connectivity index (χ1) is 21.8. The number of carbonyl (C=O) groups is 4. The number of fused-ring (bicyclic) bond motifs is 2. The number of guanidine groups is 1. The van der Waals surface area contributed by atoms with Gasteiger partial charge in [0.05, 0.1) is 23.9 Å². The van der Waals surface area contributed by atoms with Crippen molar-refractivity contribution in [2.45, 2.75) is 50.4 Å². The summed E-state index contributed by atoms with van der Waals surface area (Å²) in [5.74, 6) is -4.26. The fourth-order valence-corrected chi connectivity index (χ4v) is 6.71. The Balaban J connectivity index is 1.32. The van der Waals surface area contributed by atoms with E-state index in [1.54, 1.807) is 6.20 Å². The number of thioether (sulfide) groups is 1. The van der Waals surface area contributed by atoms with E-state index in [2.05, 4.69) is 20.8 Å². The maximum absolute atomic E-state index is 13.3. The molecule has 244 valence electrons. The highest BCUT2D eigenvalue weighted by molar-refractivity contribution is 8.00. The van der Waals surface area contributed by atoms with E-state index in [1.807, 2.05) is 32.2 Å². The molecule has 1 saturated heterocycles. The number of nitrogen functional groups attached to an aromatic ring is 1. The number of aryl methyl sites for hydroxylation is 1. The van der Waals surface area contributed by atoms with Crippen LogP contribution in [-0.2, 0) is 37.1 Å². The molecule has 0 unspecified atom stereocenters. The number of nitrogens with zero attached hydrogens (tertiary/aromatic N) is 6. The predicted octanol–water partition coefficient (Wildman–Crippen LogP) is -2.37. The largest absolute Gasteiger partial charge is 0.543 e. The molecule has 8 N–H and O–H groups in total. The minimum atomic E-state index is -1.78. The fourth-order valence-electron chi connectivity index (χ4n) is 4.83. The average Bonchev–Trinajstić information content (AvgIpc) is 3.71. The second-order valence-electron chi connectivity index (χ2n) is 10.8. The Bertz CT molecular complexity index is 1790. The number of rotatable bonds is 13. The molecule has 0 radical (unpaired) electrons. The number of β-lactam (4-membered cyclic amide) rings is 1. The van der Waals surface area contributed by atoms with Gasteiger partial charge >= 0.3 is 5.97 Å². The van der Waals surface area contributed by atoms with Crippen molar-refractivity contribution >= 4 is 69.3 Å². The Morgan fingerprint density at radius 3 is 2.76 bits per heavy atom. The Morgan fingerprint density at radius 2 is 2.11 bits per heavy atom. The van der Waals surface area contributed by atoms with E-state index < -0.39 is 46.5 Å². The van der Waals surface area contributed by atoms with Crippen LogP contribution in [0.25, 0.3) is 5.65 Å². The van der Waals surface area contributed by atoms with E-state index >= 15 is 0 Å². The number of carboxylic acid groups (broad SMARTS) is 2. The van der Waals surface area contributed by atoms with Crippen LogP contribution in [0.3, 0.4) is 0 Å². The zero-order valence-electron chi connectivity index (χ0n) is 24.6. The highest BCUT2D eigenvalue weighted by Gasteiger charge is 2.53. The third kappa shape index (κ3) is 6.33. The van der Waals surface area contributed by atoms with Crippen molar-refractivity contribution < 1.29 is 38.9 Å². The number of aliphatic carboxylic acids is 2. The summed E-state index contributed by atoms with van der Waals surface area (Å²) in [5.41, 5.74) is 9.91. The zero-order valence-corrected chi connectivity index (χ0v) is 26.3. The summed E-state index contributed by atoms with van der Waals surface area (Å²) < 4.78 is 5.68. The lowest BCUT2D eigenvalue weighted by Gasteiger charge is -2.50. The maximum Gasteiger partial charge on any atom is 0.350 e. The number of oxime groups is 1. The van der Waals surface area contributed by atoms with Gasteiger partial charge in [-0.3, -0.25) is 19.9 Å². The van der Waals surface area contributed by atoms with E-state index in [0.29, 0.717) is 18.7 Å². The maximum atomic E-state index is 13.3. The quantitative estimate of drug-likeness (QED) is 0.0278. The molecule has 0 spiro atoms. The molecule has 0 bridgehead atoms. The Hall–Kier alpha value is -5.11. The summed E-state index contributed by atoms with van der Waals surface area (Å²) >= 11 is 2.29. The van der Waals surface area contributed by atoms with Gasteiger partial charge in [0.1, 0.15) is 17.1 Å². The predicted molar refractivity (Wildman–Crippen MR) is 163 cm³/mol. The molecule has 18 nitrogen and oxygen atoms in total. The molecule has 20 heteroatoms. The van der Waals surface area contributed by atoms with Gasteiger partial charge in [-0.05, 0) is 20.3 Å². The number of amides is 2. The van der Waals surface area contributed by atoms with Gasteiger partial charge in [-0.2, -0.15) is 0 Å². The molecule has 2 aliphatic rings. The number of anilines is 1. The number of aromatic nitrogens is 4. The molecule has 5 rings (SSSR count). The van der Waals surface area contributed by atoms with Crippen molar-refractivity contribution in [3.05, 3.63) is 47.0 Å². The molecule has 2 atom stereocenters. The number of nitrogens with two attached hydrogens (primary N) is 2. The Kier molecular flexibility index (Phi) is 8.92. The topological polar surface area (TPSA) is 262 Å². The monoisotopic (exact) mass is 673 g/mol. The molecule has 1 fully saturated rings. The van der Waals surface area contributed by atoms with E-state index in [4.69, 9.17) is 21.7 Å². The number of imidazole rings is 1. The third-order valence-electron chi connectivity index (χ3n) is 7.22. The van der Waals surface area contributed by atoms with Crippen LogP contribution in [0.15, 0.2) is 46.5 Å². The van der Waals surface area contributed by atoms with Gasteiger partial charge in [0.2, 0.25) is 5.60 Å². The molecule has 0 aromatic carbocycles. The molecule has 46 heavy (non-hydrogen) atoms. The van der Waals surface area contributed by atoms with Crippen molar-refractivity contribution in [2.24, 2.45) is 10.9 Å². The fraction of sp³-hybridized carbons (Fsp3) is 0.385. The molecule has 5 heterocycles. The number of thiazole rings is 1. The van der Waals surface area contributed by atoms with Crippen LogP contribution in [0.5, 0.6) is 0 Å². The molecular weight excluding hydrogens is 642 g/mol. The van der Waals surface area contributed by atoms with Crippen LogP contribution in [0.1, 0.15) is 26.0 Å². The van der Waals surface area contributed by atoms with Crippen LogP contribution >= 0.6 is 23.1 Å². The van der Waals surface area contributed by atoms with Gasteiger partial charge in [-0.1, -0.05) is 5.16 Å². The van der Waals surface area contributed by atoms with E-state index in [-0.39, 0.29) is 34.8 Å². The van der Waals surface area contributed by atoms with Crippen LogP contribution in [0.4, 0.5) is 5.13 Å². The highest BCUT2D eigenvalue weighted by Crippen LogP contribution is 2.40. The Labute approximate surface area is 269 Å². The van der Waals surface area contributed by atoms with Crippen LogP contribution < -0.4 is 31.9 Å². The summed E-state index contributed by atoms with van der Waals surface area (Å²) in [6.07, 6.45) is 6.25. The first-order valence-electron chi connectivity index (χ1n) is 13.8. The van der Waals surface area contributed by atoms with Crippen molar-refractivity contribution in [2.75, 3.05) is 18.0 Å². The molecule has 0 aliphatic carbocycles. The normalized spacial score (nSPS) is 18.3. The number of nitrogens with one attached hydrogen (secondary N) is 3. The van der Waals surface area contributed by atoms with Gasteiger partial charge in [0.15, 0.2) is 35.2 Å². The Morgan fingerprint density at radius 1 is 1.35 bits per heavy atom. The second-order valence-corrected chi connectivity index (χ2v) is 12.8. The first kappa shape index (κ1) is 32.3. The van der Waals surface area contributed by atoms with Gasteiger partial charge in [-0.15, -0.1) is 32.3 Å². The number of hydrogen-bond acceptors (Lipinski definition) is 12. The van der Waals surface area contributed by atoms with Gasteiger partial charge in [-0.25, -0.2) is 9.78 Å². The first-order valence-corrected chi connectivity index (χ1v) is 15.7. The average molecular weight is 674 g/mol. The van der Waals surface area contributed by atoms with Crippen molar-refractivity contribution in [3.8, 4) is 0 Å². The standard InChI is InChI=1S/C26H31N11O7S2/c1-26(2,23(42)43)44-33-16(14-12-46-25(29)31-14)19(38)32-17-20(39)37-18(22(40)41)13(11-45-21(17)37)10-35-7-4-15-34(8-9-36(15)35)6-3-5-30-24(27)28/h4,7-9,12,17,21H,3,5-6,10-11H2,1-2H3,(H8-,27,28,29,30,31,32,38,40,41,42,43)/b33-16-/t17-,21-/m1/s1. The molecule has 2 amide bonds. The van der Waals surface area contributed by atoms with Crippen LogP contribution in [-0.4, -0.2) is 88.8 Å². The van der Waals surface area contributed by atoms with Crippen LogP contribution in [0.2, 0.25) is 0 Å². The minimum Gasteiger partial charge on any atom is -0.543 e. The second kappa shape index (κ2) is 12.7. The summed E-state index contributed by atoms with van der Waals surface area (Å²) in [7, 11) is 0. The van der Waals surface area contributed by atoms with Crippen LogP contribution in [0, 0.1) is 5.41 Å². The summed E-state index contributed by atoms with van der Waals surface area (Å²) in [4.78, 5) is 60.6. The summed E-state index contributed by atoms with van der Waals surface area (Å²) in [5, 5.41) is 38.8. The molecule has 3 aromatic rings. The smallest absolute Gasteiger partial charge is 0.350 e. The van der Waals surface area contributed by atoms with Gasteiger partial charge < -0.3 is 46.5 Å². The lowest BCUT2D eigenvalue weighted by molar-refractivity contribution is -0.753. The van der Waals surface area contributed by atoms with Crippen molar-refractivity contribution in [3.63, 3.8) is 0 Å². The van der Waals surface area contributed by atoms with Gasteiger partial charge in [0, 0.05) is 36.0 Å². The summed E-state index contributed by atoms with van der Waals surface area (Å²) in [6, 6.07) is 0.772. The minimum absolute atomic E-state index is 0.0100. The van der Waals surface area contributed by atoms with E-state index in [0.717, 1.165) is 28.3 Å². The van der Waals surface area contributed by atoms with E-state index in [9.17, 15) is 29.4 Å².